The molecule has 0 aliphatic heterocycles. The fourth-order valence-electron chi connectivity index (χ4n) is 2.13. The summed E-state index contributed by atoms with van der Waals surface area (Å²) in [6.07, 6.45) is -0.717. The molecule has 0 aromatic heterocycles. The summed E-state index contributed by atoms with van der Waals surface area (Å²) in [7, 11) is 0. The number of para-hydroxylation sites is 2. The summed E-state index contributed by atoms with van der Waals surface area (Å²) in [4.78, 5) is 23.8. The lowest BCUT2D eigenvalue weighted by atomic mass is 10.2. The molecule has 1 atom stereocenters. The van der Waals surface area contributed by atoms with Crippen LogP contribution < -0.4 is 20.3 Å². The molecule has 2 amide bonds. The quantitative estimate of drug-likeness (QED) is 0.659. The highest BCUT2D eigenvalue weighted by Gasteiger charge is 2.14. The molecule has 7 heteroatoms. The maximum atomic E-state index is 12.0. The number of carbonyl (C=O) groups excluding carboxylic acids is 2. The summed E-state index contributed by atoms with van der Waals surface area (Å²) in [6, 6.07) is 16.6. The molecule has 2 aromatic carbocycles. The number of benzene rings is 2. The Hall–Kier alpha value is -3.06. The van der Waals surface area contributed by atoms with Gasteiger partial charge in [-0.2, -0.15) is 0 Å². The van der Waals surface area contributed by atoms with Gasteiger partial charge in [-0.25, -0.2) is 0 Å². The van der Waals surface area contributed by atoms with Crippen molar-refractivity contribution >= 4 is 11.8 Å². The van der Waals surface area contributed by atoms with E-state index in [0.29, 0.717) is 24.7 Å². The highest BCUT2D eigenvalue weighted by atomic mass is 16.5. The van der Waals surface area contributed by atoms with E-state index in [2.05, 4.69) is 10.9 Å². The Morgan fingerprint density at radius 3 is 2.22 bits per heavy atom. The van der Waals surface area contributed by atoms with Gasteiger partial charge >= 0.3 is 0 Å². The molecule has 2 N–H and O–H groups in total. The van der Waals surface area contributed by atoms with Crippen LogP contribution in [0.4, 0.5) is 0 Å². The topological polar surface area (TPSA) is 85.9 Å². The molecule has 1 unspecified atom stereocenters. The van der Waals surface area contributed by atoms with E-state index in [1.54, 1.807) is 25.1 Å². The van der Waals surface area contributed by atoms with Crippen molar-refractivity contribution in [3.05, 3.63) is 60.2 Å². The SMILES string of the molecule is CCOc1ccccc1OCC(=O)NNC(=O)C(C)OCc1ccccc1. The fourth-order valence-corrected chi connectivity index (χ4v) is 2.13. The monoisotopic (exact) mass is 372 g/mol. The third-order valence-corrected chi connectivity index (χ3v) is 3.54. The van der Waals surface area contributed by atoms with Crippen LogP contribution in [0, 0.1) is 0 Å². The molecular formula is C20H24N2O5. The van der Waals surface area contributed by atoms with E-state index in [9.17, 15) is 9.59 Å². The minimum absolute atomic E-state index is 0.260. The number of rotatable bonds is 9. The van der Waals surface area contributed by atoms with Gasteiger partial charge in [0.25, 0.3) is 11.8 Å². The summed E-state index contributed by atoms with van der Waals surface area (Å²) in [5.74, 6) is 0.0686. The third-order valence-electron chi connectivity index (χ3n) is 3.54. The van der Waals surface area contributed by atoms with Gasteiger partial charge < -0.3 is 14.2 Å². The molecule has 0 spiro atoms. The Morgan fingerprint density at radius 1 is 0.926 bits per heavy atom. The van der Waals surface area contributed by atoms with Gasteiger partial charge in [-0.05, 0) is 31.5 Å². The van der Waals surface area contributed by atoms with Crippen LogP contribution in [0.5, 0.6) is 11.5 Å². The molecule has 0 fully saturated rings. The van der Waals surface area contributed by atoms with Gasteiger partial charge in [0.15, 0.2) is 18.1 Å². The molecule has 2 rings (SSSR count). The average molecular weight is 372 g/mol. The summed E-state index contributed by atoms with van der Waals surface area (Å²) >= 11 is 0. The van der Waals surface area contributed by atoms with Crippen molar-refractivity contribution < 1.29 is 23.8 Å². The van der Waals surface area contributed by atoms with Gasteiger partial charge in [0.05, 0.1) is 13.2 Å². The molecule has 0 bridgehead atoms. The van der Waals surface area contributed by atoms with Crippen LogP contribution >= 0.6 is 0 Å². The number of amides is 2. The summed E-state index contributed by atoms with van der Waals surface area (Å²) < 4.78 is 16.3. The molecular weight excluding hydrogens is 348 g/mol. The number of hydrazine groups is 1. The number of nitrogens with one attached hydrogen (secondary N) is 2. The summed E-state index contributed by atoms with van der Waals surface area (Å²) in [6.45, 7) is 4.01. The third kappa shape index (κ3) is 6.99. The van der Waals surface area contributed by atoms with E-state index >= 15 is 0 Å². The highest BCUT2D eigenvalue weighted by Crippen LogP contribution is 2.26. The van der Waals surface area contributed by atoms with Crippen molar-refractivity contribution in [2.45, 2.75) is 26.6 Å². The van der Waals surface area contributed by atoms with Crippen LogP contribution in [0.2, 0.25) is 0 Å². The largest absolute Gasteiger partial charge is 0.490 e. The fraction of sp³-hybridized carbons (Fsp3) is 0.300. The summed E-state index contributed by atoms with van der Waals surface area (Å²) in [5, 5.41) is 0. The van der Waals surface area contributed by atoms with E-state index in [0.717, 1.165) is 5.56 Å². The second kappa shape index (κ2) is 10.8. The van der Waals surface area contributed by atoms with Gasteiger partial charge in [-0.3, -0.25) is 20.4 Å². The van der Waals surface area contributed by atoms with Crippen molar-refractivity contribution in [3.63, 3.8) is 0 Å². The van der Waals surface area contributed by atoms with Gasteiger partial charge in [0.2, 0.25) is 0 Å². The number of hydrogen-bond donors (Lipinski definition) is 2. The molecule has 27 heavy (non-hydrogen) atoms. The van der Waals surface area contributed by atoms with E-state index in [1.165, 1.54) is 0 Å². The average Bonchev–Trinajstić information content (AvgIpc) is 2.70. The van der Waals surface area contributed by atoms with Crippen LogP contribution in [0.3, 0.4) is 0 Å². The van der Waals surface area contributed by atoms with Gasteiger partial charge in [-0.15, -0.1) is 0 Å². The molecule has 0 aliphatic rings. The first kappa shape index (κ1) is 20.3. The van der Waals surface area contributed by atoms with Crippen LogP contribution in [-0.2, 0) is 20.9 Å². The molecule has 0 radical (unpaired) electrons. The number of ether oxygens (including phenoxy) is 3. The first-order valence-corrected chi connectivity index (χ1v) is 8.69. The van der Waals surface area contributed by atoms with Crippen LogP contribution in [0.1, 0.15) is 19.4 Å². The molecule has 0 saturated carbocycles. The lowest BCUT2D eigenvalue weighted by Gasteiger charge is -2.15. The van der Waals surface area contributed by atoms with Crippen LogP contribution in [0.25, 0.3) is 0 Å². The smallest absolute Gasteiger partial charge is 0.276 e. The molecule has 0 heterocycles. The Kier molecular flexibility index (Phi) is 8.12. The minimum Gasteiger partial charge on any atom is -0.490 e. The van der Waals surface area contributed by atoms with Crippen molar-refractivity contribution in [2.75, 3.05) is 13.2 Å². The Labute approximate surface area is 158 Å². The molecule has 144 valence electrons. The zero-order valence-electron chi connectivity index (χ0n) is 15.4. The van der Waals surface area contributed by atoms with E-state index in [1.807, 2.05) is 43.3 Å². The Balaban J connectivity index is 1.70. The normalized spacial score (nSPS) is 11.3. The summed E-state index contributed by atoms with van der Waals surface area (Å²) in [5.41, 5.74) is 5.58. The van der Waals surface area contributed by atoms with Gasteiger partial charge in [-0.1, -0.05) is 42.5 Å². The standard InChI is InChI=1S/C20H24N2O5/c1-3-25-17-11-7-8-12-18(17)27-14-19(23)21-22-20(24)15(2)26-13-16-9-5-4-6-10-16/h4-12,15H,3,13-14H2,1-2H3,(H,21,23)(H,22,24). The van der Waals surface area contributed by atoms with Crippen molar-refractivity contribution in [1.82, 2.24) is 10.9 Å². The Bertz CT molecular complexity index is 736. The Morgan fingerprint density at radius 2 is 1.56 bits per heavy atom. The lowest BCUT2D eigenvalue weighted by Crippen LogP contribution is -2.47. The first-order chi connectivity index (χ1) is 13.1. The lowest BCUT2D eigenvalue weighted by molar-refractivity contribution is -0.137. The maximum absolute atomic E-state index is 12.0. The zero-order valence-corrected chi connectivity index (χ0v) is 15.4. The van der Waals surface area contributed by atoms with Crippen molar-refractivity contribution in [1.29, 1.82) is 0 Å². The first-order valence-electron chi connectivity index (χ1n) is 8.69. The van der Waals surface area contributed by atoms with E-state index in [4.69, 9.17) is 14.2 Å². The predicted octanol–water partition coefficient (Wildman–Crippen LogP) is 2.22. The van der Waals surface area contributed by atoms with Crippen molar-refractivity contribution in [3.8, 4) is 11.5 Å². The van der Waals surface area contributed by atoms with E-state index < -0.39 is 17.9 Å². The minimum atomic E-state index is -0.717. The van der Waals surface area contributed by atoms with E-state index in [-0.39, 0.29) is 6.61 Å². The number of hydrogen-bond acceptors (Lipinski definition) is 5. The number of carbonyl (C=O) groups is 2. The van der Waals surface area contributed by atoms with Gasteiger partial charge in [0.1, 0.15) is 6.10 Å². The van der Waals surface area contributed by atoms with Gasteiger partial charge in [0, 0.05) is 0 Å². The highest BCUT2D eigenvalue weighted by molar-refractivity contribution is 5.84. The second-order valence-corrected chi connectivity index (χ2v) is 5.64. The molecule has 2 aromatic rings. The maximum Gasteiger partial charge on any atom is 0.276 e. The van der Waals surface area contributed by atoms with Crippen LogP contribution in [-0.4, -0.2) is 31.1 Å². The van der Waals surface area contributed by atoms with Crippen molar-refractivity contribution in [2.24, 2.45) is 0 Å². The molecule has 0 saturated heterocycles. The predicted molar refractivity (Wildman–Crippen MR) is 100 cm³/mol. The van der Waals surface area contributed by atoms with Crippen LogP contribution in [0.15, 0.2) is 54.6 Å². The second-order valence-electron chi connectivity index (χ2n) is 5.64. The molecule has 7 nitrogen and oxygen atoms in total. The molecule has 0 aliphatic carbocycles. The zero-order chi connectivity index (χ0) is 19.5.